The number of hydrogen-bond donors (Lipinski definition) is 1. The van der Waals surface area contributed by atoms with Crippen molar-refractivity contribution in [1.82, 2.24) is 4.57 Å². The van der Waals surface area contributed by atoms with E-state index < -0.39 is 0 Å². The second-order valence-electron chi connectivity index (χ2n) is 7.14. The molecule has 3 heteroatoms. The first-order chi connectivity index (χ1) is 14.2. The molecule has 0 radical (unpaired) electrons. The van der Waals surface area contributed by atoms with Gasteiger partial charge in [-0.25, -0.2) is 0 Å². The molecule has 1 N–H and O–H groups in total. The Bertz CT molecular complexity index is 1230. The molecule has 0 saturated carbocycles. The molecule has 0 atom stereocenters. The van der Waals surface area contributed by atoms with Gasteiger partial charge in [0, 0.05) is 34.2 Å². The topological polar surface area (TPSA) is 41.1 Å². The maximum Gasteiger partial charge on any atom is 0.0694 e. The Balaban J connectivity index is 1.93. The third-order valence-corrected chi connectivity index (χ3v) is 5.26. The summed E-state index contributed by atoms with van der Waals surface area (Å²) < 4.78 is 2.24. The van der Waals surface area contributed by atoms with Crippen molar-refractivity contribution in [3.05, 3.63) is 84.6 Å². The minimum Gasteiger partial charge on any atom is -0.334 e. The summed E-state index contributed by atoms with van der Waals surface area (Å²) in [7, 11) is 0. The lowest BCUT2D eigenvalue weighted by Gasteiger charge is -2.11. The van der Waals surface area contributed by atoms with Gasteiger partial charge in [0.05, 0.1) is 12.3 Å². The van der Waals surface area contributed by atoms with Crippen LogP contribution in [-0.4, -0.2) is 16.5 Å². The molecule has 1 aromatic heterocycles. The number of hydrogen-bond acceptors (Lipinski definition) is 2. The largest absolute Gasteiger partial charge is 0.334 e. The van der Waals surface area contributed by atoms with Crippen LogP contribution in [0.2, 0.25) is 0 Å². The number of aryl methyl sites for hydroxylation is 1. The predicted octanol–water partition coefficient (Wildman–Crippen LogP) is 6.65. The van der Waals surface area contributed by atoms with E-state index in [0.717, 1.165) is 11.9 Å². The zero-order valence-electron chi connectivity index (χ0n) is 16.9. The highest BCUT2D eigenvalue weighted by Gasteiger charge is 2.15. The Morgan fingerprint density at radius 1 is 0.966 bits per heavy atom. The van der Waals surface area contributed by atoms with Gasteiger partial charge in [-0.15, -0.1) is 0 Å². The van der Waals surface area contributed by atoms with E-state index in [1.807, 2.05) is 13.0 Å². The Kier molecular flexibility index (Phi) is 5.39. The molecule has 0 fully saturated rings. The lowest BCUT2D eigenvalue weighted by Crippen LogP contribution is -2.10. The van der Waals surface area contributed by atoms with Crippen molar-refractivity contribution in [2.75, 3.05) is 0 Å². The Morgan fingerprint density at radius 3 is 2.48 bits per heavy atom. The molecule has 0 saturated heterocycles. The molecule has 0 aliphatic rings. The van der Waals surface area contributed by atoms with E-state index in [4.69, 9.17) is 5.41 Å². The summed E-state index contributed by atoms with van der Waals surface area (Å²) in [6.07, 6.45) is 6.16. The predicted molar refractivity (Wildman–Crippen MR) is 125 cm³/mol. The Morgan fingerprint density at radius 2 is 1.72 bits per heavy atom. The Labute approximate surface area is 171 Å². The van der Waals surface area contributed by atoms with E-state index in [-0.39, 0.29) is 0 Å². The van der Waals surface area contributed by atoms with E-state index in [1.165, 1.54) is 33.0 Å². The highest BCUT2D eigenvalue weighted by Crippen LogP contribution is 2.35. The fourth-order valence-electron chi connectivity index (χ4n) is 3.92. The standard InChI is InChI=1S/C26H25N3/c1-3-14-28-17-21(27)18-29-25-13-9-8-12-22(25)24-16-23(19(4-2)15-26(24)29)20-10-6-5-7-11-20/h3,5-17,27H,4,18H2,1-2H3/b14-3-,27-21?,28-17?. The first-order valence-electron chi connectivity index (χ1n) is 10.0. The molecule has 0 aliphatic carbocycles. The van der Waals surface area contributed by atoms with Crippen molar-refractivity contribution < 1.29 is 0 Å². The zero-order chi connectivity index (χ0) is 20.2. The number of rotatable bonds is 6. The van der Waals surface area contributed by atoms with Gasteiger partial charge in [-0.3, -0.25) is 4.99 Å². The molecule has 29 heavy (non-hydrogen) atoms. The molecule has 3 nitrogen and oxygen atoms in total. The van der Waals surface area contributed by atoms with Gasteiger partial charge in [0.25, 0.3) is 0 Å². The summed E-state index contributed by atoms with van der Waals surface area (Å²) >= 11 is 0. The maximum absolute atomic E-state index is 8.37. The quantitative estimate of drug-likeness (QED) is 0.365. The van der Waals surface area contributed by atoms with Gasteiger partial charge in [-0.1, -0.05) is 61.5 Å². The third-order valence-electron chi connectivity index (χ3n) is 5.26. The Hall–Kier alpha value is -3.46. The molecule has 1 heterocycles. The molecule has 4 aromatic rings. The van der Waals surface area contributed by atoms with Crippen molar-refractivity contribution in [2.45, 2.75) is 26.8 Å². The summed E-state index contributed by atoms with van der Waals surface area (Å²) in [6, 6.07) is 23.7. The lowest BCUT2D eigenvalue weighted by atomic mass is 9.95. The summed E-state index contributed by atoms with van der Waals surface area (Å²) in [5.41, 5.74) is 6.66. The molecule has 0 spiro atoms. The number of allylic oxidation sites excluding steroid dienone is 1. The van der Waals surface area contributed by atoms with Crippen LogP contribution in [0.5, 0.6) is 0 Å². The van der Waals surface area contributed by atoms with E-state index in [0.29, 0.717) is 12.3 Å². The van der Waals surface area contributed by atoms with E-state index in [1.54, 1.807) is 12.4 Å². The second-order valence-corrected chi connectivity index (χ2v) is 7.14. The van der Waals surface area contributed by atoms with Crippen LogP contribution in [-0.2, 0) is 13.0 Å². The smallest absolute Gasteiger partial charge is 0.0694 e. The number of benzene rings is 3. The van der Waals surface area contributed by atoms with Crippen LogP contribution in [0.25, 0.3) is 32.9 Å². The molecule has 4 rings (SSSR count). The SMILES string of the molecule is C/C=C\N=CC(=N)Cn1c2ccccc2c2cc(-c3ccccc3)c(CC)cc21. The van der Waals surface area contributed by atoms with Crippen LogP contribution in [0.3, 0.4) is 0 Å². The van der Waals surface area contributed by atoms with Gasteiger partial charge in [0.2, 0.25) is 0 Å². The van der Waals surface area contributed by atoms with Crippen LogP contribution in [0.4, 0.5) is 0 Å². The van der Waals surface area contributed by atoms with Gasteiger partial charge >= 0.3 is 0 Å². The molecule has 0 unspecified atom stereocenters. The van der Waals surface area contributed by atoms with E-state index in [2.05, 4.69) is 83.2 Å². The number of nitrogens with one attached hydrogen (secondary N) is 1. The number of para-hydroxylation sites is 1. The first kappa shape index (κ1) is 18.9. The van der Waals surface area contributed by atoms with Crippen LogP contribution in [0.15, 0.2) is 84.0 Å². The van der Waals surface area contributed by atoms with Gasteiger partial charge < -0.3 is 9.98 Å². The monoisotopic (exact) mass is 379 g/mol. The molecule has 0 aliphatic heterocycles. The van der Waals surface area contributed by atoms with Crippen molar-refractivity contribution in [1.29, 1.82) is 5.41 Å². The van der Waals surface area contributed by atoms with Gasteiger partial charge in [0.1, 0.15) is 0 Å². The van der Waals surface area contributed by atoms with Crippen LogP contribution in [0.1, 0.15) is 19.4 Å². The van der Waals surface area contributed by atoms with Crippen molar-refractivity contribution >= 4 is 33.7 Å². The number of nitrogens with zero attached hydrogens (tertiary/aromatic N) is 2. The highest BCUT2D eigenvalue weighted by molar-refractivity contribution is 6.29. The fourth-order valence-corrected chi connectivity index (χ4v) is 3.92. The van der Waals surface area contributed by atoms with Gasteiger partial charge in [-0.2, -0.15) is 0 Å². The van der Waals surface area contributed by atoms with Crippen molar-refractivity contribution in [3.8, 4) is 11.1 Å². The van der Waals surface area contributed by atoms with Crippen LogP contribution < -0.4 is 0 Å². The molecule has 3 aromatic carbocycles. The number of aliphatic imine (C=N–C) groups is 1. The number of fused-ring (bicyclic) bond motifs is 3. The van der Waals surface area contributed by atoms with E-state index in [9.17, 15) is 0 Å². The van der Waals surface area contributed by atoms with Crippen LogP contribution in [0, 0.1) is 5.41 Å². The average Bonchev–Trinajstić information content (AvgIpc) is 3.06. The minimum atomic E-state index is 0.482. The fraction of sp³-hybridized carbons (Fsp3) is 0.154. The normalized spacial score (nSPS) is 11.9. The van der Waals surface area contributed by atoms with Crippen molar-refractivity contribution in [2.24, 2.45) is 4.99 Å². The first-order valence-corrected chi connectivity index (χ1v) is 10.0. The molecular weight excluding hydrogens is 354 g/mol. The van der Waals surface area contributed by atoms with Gasteiger partial charge in [-0.05, 0) is 48.2 Å². The summed E-state index contributed by atoms with van der Waals surface area (Å²) in [5, 5.41) is 10.8. The van der Waals surface area contributed by atoms with Crippen molar-refractivity contribution in [3.63, 3.8) is 0 Å². The summed E-state index contributed by atoms with van der Waals surface area (Å²) in [6.45, 7) is 4.62. The summed E-state index contributed by atoms with van der Waals surface area (Å²) in [4.78, 5) is 4.17. The minimum absolute atomic E-state index is 0.482. The highest BCUT2D eigenvalue weighted by atomic mass is 15.0. The maximum atomic E-state index is 8.37. The molecule has 0 amide bonds. The average molecular weight is 380 g/mol. The van der Waals surface area contributed by atoms with E-state index >= 15 is 0 Å². The molecular formula is C26H25N3. The molecule has 0 bridgehead atoms. The van der Waals surface area contributed by atoms with Gasteiger partial charge in [0.15, 0.2) is 0 Å². The summed E-state index contributed by atoms with van der Waals surface area (Å²) in [5.74, 6) is 0. The lowest BCUT2D eigenvalue weighted by molar-refractivity contribution is 0.935. The number of aromatic nitrogens is 1. The zero-order valence-corrected chi connectivity index (χ0v) is 16.9. The molecule has 144 valence electrons. The second kappa shape index (κ2) is 8.27. The van der Waals surface area contributed by atoms with Crippen LogP contribution >= 0.6 is 0 Å². The third kappa shape index (κ3) is 3.64.